The van der Waals surface area contributed by atoms with Gasteiger partial charge in [0.15, 0.2) is 29.0 Å². The largest absolute Gasteiger partial charge is 0.494 e. The van der Waals surface area contributed by atoms with Crippen LogP contribution in [0.4, 0.5) is 13.2 Å². The number of carbonyl (C=O) groups is 1. The second-order valence-corrected chi connectivity index (χ2v) is 2.69. The van der Waals surface area contributed by atoms with E-state index in [-0.39, 0.29) is 0 Å². The molecule has 0 saturated carbocycles. The van der Waals surface area contributed by atoms with Gasteiger partial charge in [0.2, 0.25) is 0 Å². The number of rotatable bonds is 3. The molecule has 0 aliphatic heterocycles. The zero-order valence-corrected chi connectivity index (χ0v) is 7.81. The molecule has 3 nitrogen and oxygen atoms in total. The zero-order chi connectivity index (χ0) is 11.6. The summed E-state index contributed by atoms with van der Waals surface area (Å²) in [5.74, 6) is -5.71. The number of carbonyl (C=O) groups excluding carboxylic acids is 1. The molecule has 0 heterocycles. The summed E-state index contributed by atoms with van der Waals surface area (Å²) in [5, 5.41) is 0. The van der Waals surface area contributed by atoms with Crippen LogP contribution in [-0.2, 0) is 0 Å². The van der Waals surface area contributed by atoms with Crippen molar-refractivity contribution in [2.75, 3.05) is 13.7 Å². The number of ketones is 1. The number of ether oxygens (including phenoxy) is 1. The van der Waals surface area contributed by atoms with E-state index in [0.29, 0.717) is 6.07 Å². The molecule has 82 valence electrons. The predicted octanol–water partition coefficient (Wildman–Crippen LogP) is 1.25. The molecule has 0 bridgehead atoms. The molecule has 0 aliphatic carbocycles. The smallest absolute Gasteiger partial charge is 0.182 e. The third kappa shape index (κ3) is 1.94. The number of methoxy groups -OCH3 is 1. The van der Waals surface area contributed by atoms with Crippen LogP contribution in [0.3, 0.4) is 0 Å². The van der Waals surface area contributed by atoms with Gasteiger partial charge in [0.1, 0.15) is 0 Å². The van der Waals surface area contributed by atoms with Gasteiger partial charge in [-0.15, -0.1) is 0 Å². The van der Waals surface area contributed by atoms with E-state index in [1.165, 1.54) is 0 Å². The Morgan fingerprint density at radius 1 is 1.40 bits per heavy atom. The van der Waals surface area contributed by atoms with Crippen molar-refractivity contribution in [2.24, 2.45) is 5.73 Å². The number of hydrogen-bond donors (Lipinski definition) is 1. The fraction of sp³-hybridized carbons (Fsp3) is 0.222. The Hall–Kier alpha value is -1.56. The van der Waals surface area contributed by atoms with Gasteiger partial charge in [-0.2, -0.15) is 0 Å². The minimum Gasteiger partial charge on any atom is -0.494 e. The van der Waals surface area contributed by atoms with E-state index in [1.54, 1.807) is 0 Å². The van der Waals surface area contributed by atoms with E-state index >= 15 is 0 Å². The fourth-order valence-electron chi connectivity index (χ4n) is 1.08. The first-order chi connectivity index (χ1) is 7.02. The minimum absolute atomic E-state index is 0.526. The number of hydrogen-bond acceptors (Lipinski definition) is 3. The Bertz CT molecular complexity index is 407. The zero-order valence-electron chi connectivity index (χ0n) is 7.81. The first kappa shape index (κ1) is 11.5. The molecule has 1 aromatic rings. The molecule has 15 heavy (non-hydrogen) atoms. The van der Waals surface area contributed by atoms with E-state index in [1.807, 2.05) is 0 Å². The second kappa shape index (κ2) is 4.31. The average Bonchev–Trinajstić information content (AvgIpc) is 2.23. The van der Waals surface area contributed by atoms with Gasteiger partial charge in [-0.3, -0.25) is 4.79 Å². The summed E-state index contributed by atoms with van der Waals surface area (Å²) in [4.78, 5) is 11.0. The molecule has 1 aromatic carbocycles. The van der Waals surface area contributed by atoms with Crippen molar-refractivity contribution in [2.45, 2.75) is 0 Å². The predicted molar refractivity (Wildman–Crippen MR) is 46.3 cm³/mol. The van der Waals surface area contributed by atoms with E-state index in [9.17, 15) is 18.0 Å². The van der Waals surface area contributed by atoms with Gasteiger partial charge >= 0.3 is 0 Å². The molecule has 0 aliphatic rings. The Morgan fingerprint density at radius 3 is 2.47 bits per heavy atom. The van der Waals surface area contributed by atoms with E-state index in [2.05, 4.69) is 4.74 Å². The Labute approximate surface area is 83.6 Å². The molecule has 0 radical (unpaired) electrons. The topological polar surface area (TPSA) is 52.3 Å². The number of Topliss-reactive ketones (excluding diaryl/α,β-unsaturated/α-hetero) is 1. The molecule has 0 spiro atoms. The van der Waals surface area contributed by atoms with Gasteiger partial charge in [0, 0.05) is 6.07 Å². The lowest BCUT2D eigenvalue weighted by Crippen LogP contribution is -2.18. The van der Waals surface area contributed by atoms with Crippen LogP contribution in [0.2, 0.25) is 0 Å². The lowest BCUT2D eigenvalue weighted by Gasteiger charge is -2.07. The summed E-state index contributed by atoms with van der Waals surface area (Å²) in [5.41, 5.74) is 3.93. The van der Waals surface area contributed by atoms with Crippen LogP contribution in [0, 0.1) is 17.5 Å². The van der Waals surface area contributed by atoms with Gasteiger partial charge in [0.25, 0.3) is 0 Å². The first-order valence-corrected chi connectivity index (χ1v) is 3.97. The summed E-state index contributed by atoms with van der Waals surface area (Å²) in [6.07, 6.45) is 0. The van der Waals surface area contributed by atoms with Crippen LogP contribution in [0.1, 0.15) is 10.4 Å². The van der Waals surface area contributed by atoms with Gasteiger partial charge in [-0.1, -0.05) is 0 Å². The summed E-state index contributed by atoms with van der Waals surface area (Å²) >= 11 is 0. The SMILES string of the molecule is COc1cc(F)c(F)c(C(=O)CN)c1F. The van der Waals surface area contributed by atoms with Crippen LogP contribution < -0.4 is 10.5 Å². The molecule has 0 fully saturated rings. The van der Waals surface area contributed by atoms with E-state index < -0.39 is 41.1 Å². The first-order valence-electron chi connectivity index (χ1n) is 3.97. The highest BCUT2D eigenvalue weighted by molar-refractivity contribution is 5.98. The van der Waals surface area contributed by atoms with Crippen LogP contribution in [-0.4, -0.2) is 19.4 Å². The molecule has 1 rings (SSSR count). The van der Waals surface area contributed by atoms with Crippen LogP contribution in [0.5, 0.6) is 5.75 Å². The average molecular weight is 219 g/mol. The van der Waals surface area contributed by atoms with Crippen LogP contribution in [0.25, 0.3) is 0 Å². The van der Waals surface area contributed by atoms with Crippen molar-refractivity contribution in [1.82, 2.24) is 0 Å². The maximum Gasteiger partial charge on any atom is 0.182 e. The van der Waals surface area contributed by atoms with Gasteiger partial charge < -0.3 is 10.5 Å². The molecular weight excluding hydrogens is 211 g/mol. The summed E-state index contributed by atoms with van der Waals surface area (Å²) < 4.78 is 43.7. The van der Waals surface area contributed by atoms with Crippen molar-refractivity contribution in [1.29, 1.82) is 0 Å². The molecule has 2 N–H and O–H groups in total. The molecular formula is C9H8F3NO2. The number of nitrogens with two attached hydrogens (primary N) is 1. The highest BCUT2D eigenvalue weighted by Gasteiger charge is 2.23. The molecule has 0 aromatic heterocycles. The van der Waals surface area contributed by atoms with Crippen molar-refractivity contribution in [3.63, 3.8) is 0 Å². The summed E-state index contributed by atoms with van der Waals surface area (Å²) in [6.45, 7) is -0.611. The minimum atomic E-state index is -1.55. The van der Waals surface area contributed by atoms with Crippen molar-refractivity contribution >= 4 is 5.78 Å². The van der Waals surface area contributed by atoms with E-state index in [0.717, 1.165) is 7.11 Å². The summed E-state index contributed by atoms with van der Waals surface area (Å²) in [6, 6.07) is 0.526. The third-order valence-electron chi connectivity index (χ3n) is 1.81. The second-order valence-electron chi connectivity index (χ2n) is 2.69. The van der Waals surface area contributed by atoms with Crippen LogP contribution >= 0.6 is 0 Å². The summed E-state index contributed by atoms with van der Waals surface area (Å²) in [7, 11) is 1.08. The van der Waals surface area contributed by atoms with Crippen molar-refractivity contribution in [3.05, 3.63) is 29.1 Å². The Balaban J connectivity index is 3.47. The number of halogens is 3. The lowest BCUT2D eigenvalue weighted by molar-refractivity contribution is 0.0991. The monoisotopic (exact) mass is 219 g/mol. The molecule has 0 amide bonds. The standard InChI is InChI=1S/C9H8F3NO2/c1-15-6-2-4(10)8(11)7(9(6)12)5(14)3-13/h2H,3,13H2,1H3. The highest BCUT2D eigenvalue weighted by atomic mass is 19.2. The lowest BCUT2D eigenvalue weighted by atomic mass is 10.1. The molecule has 0 atom stereocenters. The fourth-order valence-corrected chi connectivity index (χ4v) is 1.08. The van der Waals surface area contributed by atoms with E-state index in [4.69, 9.17) is 5.73 Å². The van der Waals surface area contributed by atoms with Gasteiger partial charge in [-0.25, -0.2) is 13.2 Å². The normalized spacial score (nSPS) is 10.2. The Morgan fingerprint density at radius 2 is 2.00 bits per heavy atom. The quantitative estimate of drug-likeness (QED) is 0.615. The third-order valence-corrected chi connectivity index (χ3v) is 1.81. The highest BCUT2D eigenvalue weighted by Crippen LogP contribution is 2.25. The molecule has 6 heteroatoms. The van der Waals surface area contributed by atoms with Crippen molar-refractivity contribution < 1.29 is 22.7 Å². The number of benzene rings is 1. The maximum atomic E-state index is 13.3. The van der Waals surface area contributed by atoms with Gasteiger partial charge in [-0.05, 0) is 0 Å². The molecule has 0 saturated heterocycles. The molecule has 0 unspecified atom stereocenters. The van der Waals surface area contributed by atoms with Crippen molar-refractivity contribution in [3.8, 4) is 5.75 Å². The Kier molecular flexibility index (Phi) is 3.31. The van der Waals surface area contributed by atoms with Gasteiger partial charge in [0.05, 0.1) is 19.2 Å². The van der Waals surface area contributed by atoms with Crippen LogP contribution in [0.15, 0.2) is 6.07 Å². The maximum absolute atomic E-state index is 13.3.